The van der Waals surface area contributed by atoms with E-state index in [0.29, 0.717) is 11.8 Å². The van der Waals surface area contributed by atoms with Gasteiger partial charge in [-0.25, -0.2) is 0 Å². The highest BCUT2D eigenvalue weighted by Gasteiger charge is 2.32. The van der Waals surface area contributed by atoms with Crippen LogP contribution in [0.3, 0.4) is 0 Å². The molecule has 4 N–H and O–H groups in total. The molecule has 7 nitrogen and oxygen atoms in total. The Morgan fingerprint density at radius 3 is 2.62 bits per heavy atom. The van der Waals surface area contributed by atoms with Gasteiger partial charge in [0, 0.05) is 6.04 Å². The molecule has 0 aromatic heterocycles. The van der Waals surface area contributed by atoms with Gasteiger partial charge in [0.2, 0.25) is 0 Å². The molecule has 21 heavy (non-hydrogen) atoms. The molecule has 0 bridgehead atoms. The lowest BCUT2D eigenvalue weighted by Crippen LogP contribution is -2.37. The molecule has 0 radical (unpaired) electrons. The van der Waals surface area contributed by atoms with Crippen molar-refractivity contribution in [1.82, 2.24) is 5.32 Å². The summed E-state index contributed by atoms with van der Waals surface area (Å²) in [6, 6.07) is 4.53. The topological polar surface area (TPSA) is 110 Å². The number of anilines is 1. The van der Waals surface area contributed by atoms with E-state index < -0.39 is 10.8 Å². The molecule has 1 aromatic carbocycles. The zero-order valence-corrected chi connectivity index (χ0v) is 12.1. The van der Waals surface area contributed by atoms with Crippen molar-refractivity contribution < 1.29 is 9.72 Å². The first kappa shape index (κ1) is 15.2. The van der Waals surface area contributed by atoms with Crippen molar-refractivity contribution in [2.75, 3.05) is 5.43 Å². The summed E-state index contributed by atoms with van der Waals surface area (Å²) in [7, 11) is 0. The fourth-order valence-electron chi connectivity index (χ4n) is 2.85. The average molecular weight is 292 g/mol. The molecule has 1 amide bonds. The molecular weight excluding hydrogens is 272 g/mol. The molecule has 2 rings (SSSR count). The summed E-state index contributed by atoms with van der Waals surface area (Å²) in [5, 5.41) is 14.1. The number of hydrogen-bond acceptors (Lipinski definition) is 5. The van der Waals surface area contributed by atoms with Gasteiger partial charge in [-0.05, 0) is 36.8 Å². The number of para-hydroxylation sites is 1. The van der Waals surface area contributed by atoms with Crippen LogP contribution in [-0.2, 0) is 0 Å². The number of hydrogen-bond donors (Lipinski definition) is 3. The van der Waals surface area contributed by atoms with E-state index in [1.54, 1.807) is 6.07 Å². The molecule has 7 heteroatoms. The minimum atomic E-state index is -0.592. The van der Waals surface area contributed by atoms with Crippen LogP contribution < -0.4 is 16.6 Å². The number of nitrogen functional groups attached to an aromatic ring is 1. The second-order valence-corrected chi connectivity index (χ2v) is 5.60. The first-order valence-electron chi connectivity index (χ1n) is 7.00. The molecule has 0 saturated heterocycles. The summed E-state index contributed by atoms with van der Waals surface area (Å²) in [6.07, 6.45) is 1.95. The fraction of sp³-hybridized carbons (Fsp3) is 0.500. The Bertz CT molecular complexity index is 561. The molecule has 3 unspecified atom stereocenters. The van der Waals surface area contributed by atoms with E-state index in [9.17, 15) is 14.9 Å². The Kier molecular flexibility index (Phi) is 4.42. The number of nitrogens with zero attached hydrogens (tertiary/aromatic N) is 1. The van der Waals surface area contributed by atoms with Gasteiger partial charge in [-0.2, -0.15) is 0 Å². The molecule has 1 fully saturated rings. The van der Waals surface area contributed by atoms with Crippen LogP contribution in [0.25, 0.3) is 0 Å². The van der Waals surface area contributed by atoms with E-state index in [-0.39, 0.29) is 23.0 Å². The average Bonchev–Trinajstić information content (AvgIpc) is 2.78. The molecule has 0 heterocycles. The smallest absolute Gasteiger partial charge is 0.306 e. The van der Waals surface area contributed by atoms with Gasteiger partial charge in [-0.1, -0.05) is 19.9 Å². The lowest BCUT2D eigenvalue weighted by molar-refractivity contribution is -0.384. The van der Waals surface area contributed by atoms with Crippen molar-refractivity contribution in [3.63, 3.8) is 0 Å². The SMILES string of the molecule is CC1CCC(NC(=O)c2cccc(NN)c2[N+](=O)[O-])C1C. The van der Waals surface area contributed by atoms with Crippen LogP contribution in [0, 0.1) is 22.0 Å². The van der Waals surface area contributed by atoms with Gasteiger partial charge in [0.25, 0.3) is 5.91 Å². The van der Waals surface area contributed by atoms with Crippen LogP contribution in [0.2, 0.25) is 0 Å². The van der Waals surface area contributed by atoms with Gasteiger partial charge in [0.05, 0.1) is 4.92 Å². The van der Waals surface area contributed by atoms with Crippen molar-refractivity contribution in [3.05, 3.63) is 33.9 Å². The molecule has 0 aliphatic heterocycles. The second-order valence-electron chi connectivity index (χ2n) is 5.60. The molecule has 1 saturated carbocycles. The van der Waals surface area contributed by atoms with Crippen LogP contribution in [0.1, 0.15) is 37.0 Å². The molecule has 1 aliphatic carbocycles. The van der Waals surface area contributed by atoms with Crippen molar-refractivity contribution in [3.8, 4) is 0 Å². The van der Waals surface area contributed by atoms with Crippen molar-refractivity contribution in [2.45, 2.75) is 32.7 Å². The lowest BCUT2D eigenvalue weighted by Gasteiger charge is -2.19. The number of carbonyl (C=O) groups is 1. The fourth-order valence-corrected chi connectivity index (χ4v) is 2.85. The number of nitrogens with one attached hydrogen (secondary N) is 2. The number of nitro benzene ring substituents is 1. The molecule has 3 atom stereocenters. The standard InChI is InChI=1S/C14H20N4O3/c1-8-6-7-11(9(8)2)16-14(19)10-4-3-5-12(17-15)13(10)18(20)21/h3-5,8-9,11,17H,6-7,15H2,1-2H3,(H,16,19). The first-order valence-corrected chi connectivity index (χ1v) is 7.00. The largest absolute Gasteiger partial charge is 0.349 e. The molecule has 1 aromatic rings. The number of nitro groups is 1. The minimum Gasteiger partial charge on any atom is -0.349 e. The Hall–Kier alpha value is -2.15. The summed E-state index contributed by atoms with van der Waals surface area (Å²) in [5.74, 6) is 5.76. The Morgan fingerprint density at radius 1 is 1.38 bits per heavy atom. The van der Waals surface area contributed by atoms with E-state index >= 15 is 0 Å². The summed E-state index contributed by atoms with van der Waals surface area (Å²) >= 11 is 0. The lowest BCUT2D eigenvalue weighted by atomic mass is 9.97. The van der Waals surface area contributed by atoms with E-state index in [2.05, 4.69) is 24.6 Å². The molecular formula is C14H20N4O3. The quantitative estimate of drug-likeness (QED) is 0.447. The summed E-state index contributed by atoms with van der Waals surface area (Å²) in [5.41, 5.74) is 2.12. The number of rotatable bonds is 4. The Labute approximate surface area is 123 Å². The van der Waals surface area contributed by atoms with Gasteiger partial charge >= 0.3 is 5.69 Å². The number of nitrogens with two attached hydrogens (primary N) is 1. The predicted octanol–water partition coefficient (Wildman–Crippen LogP) is 2.04. The van der Waals surface area contributed by atoms with E-state index in [1.807, 2.05) is 0 Å². The number of amides is 1. The third-order valence-electron chi connectivity index (χ3n) is 4.40. The maximum Gasteiger partial charge on any atom is 0.306 e. The number of benzene rings is 1. The zero-order valence-electron chi connectivity index (χ0n) is 12.1. The van der Waals surface area contributed by atoms with E-state index in [1.165, 1.54) is 12.1 Å². The van der Waals surface area contributed by atoms with Gasteiger partial charge < -0.3 is 10.7 Å². The minimum absolute atomic E-state index is 0.0298. The van der Waals surface area contributed by atoms with Gasteiger partial charge in [0.1, 0.15) is 11.3 Å². The van der Waals surface area contributed by atoms with Crippen LogP contribution in [0.4, 0.5) is 11.4 Å². The van der Waals surface area contributed by atoms with E-state index in [4.69, 9.17) is 5.84 Å². The second kappa shape index (κ2) is 6.09. The first-order chi connectivity index (χ1) is 9.95. The molecule has 1 aliphatic rings. The predicted molar refractivity (Wildman–Crippen MR) is 79.7 cm³/mol. The van der Waals surface area contributed by atoms with Crippen LogP contribution in [0.5, 0.6) is 0 Å². The highest BCUT2D eigenvalue weighted by atomic mass is 16.6. The Balaban J connectivity index is 2.25. The van der Waals surface area contributed by atoms with Gasteiger partial charge in [-0.3, -0.25) is 20.8 Å². The molecule has 0 spiro atoms. The van der Waals surface area contributed by atoms with Crippen LogP contribution in [0.15, 0.2) is 18.2 Å². The maximum absolute atomic E-state index is 12.4. The van der Waals surface area contributed by atoms with Crippen LogP contribution in [-0.4, -0.2) is 16.9 Å². The summed E-state index contributed by atoms with van der Waals surface area (Å²) in [4.78, 5) is 23.0. The van der Waals surface area contributed by atoms with Crippen molar-refractivity contribution >= 4 is 17.3 Å². The maximum atomic E-state index is 12.4. The summed E-state index contributed by atoms with van der Waals surface area (Å²) in [6.45, 7) is 4.24. The zero-order chi connectivity index (χ0) is 15.6. The van der Waals surface area contributed by atoms with Crippen LogP contribution >= 0.6 is 0 Å². The number of hydrazine groups is 1. The van der Waals surface area contributed by atoms with Crippen molar-refractivity contribution in [1.29, 1.82) is 0 Å². The normalized spacial score (nSPS) is 24.6. The van der Waals surface area contributed by atoms with E-state index in [0.717, 1.165) is 12.8 Å². The Morgan fingerprint density at radius 2 is 2.10 bits per heavy atom. The van der Waals surface area contributed by atoms with Gasteiger partial charge in [-0.15, -0.1) is 0 Å². The third kappa shape index (κ3) is 2.97. The van der Waals surface area contributed by atoms with Crippen molar-refractivity contribution in [2.24, 2.45) is 17.7 Å². The third-order valence-corrected chi connectivity index (χ3v) is 4.40. The monoisotopic (exact) mass is 292 g/mol. The summed E-state index contributed by atoms with van der Waals surface area (Å²) < 4.78 is 0. The number of carbonyl (C=O) groups excluding carboxylic acids is 1. The highest BCUT2D eigenvalue weighted by molar-refractivity contribution is 6.00. The highest BCUT2D eigenvalue weighted by Crippen LogP contribution is 2.32. The molecule has 114 valence electrons. The van der Waals surface area contributed by atoms with Gasteiger partial charge in [0.15, 0.2) is 0 Å².